The fourth-order valence-corrected chi connectivity index (χ4v) is 4.94. The van der Waals surface area contributed by atoms with Crippen LogP contribution in [0.15, 0.2) is 73.3 Å². The van der Waals surface area contributed by atoms with Gasteiger partial charge in [0.05, 0.1) is 49.0 Å². The van der Waals surface area contributed by atoms with E-state index >= 15 is 0 Å². The van der Waals surface area contributed by atoms with Crippen molar-refractivity contribution >= 4 is 23.4 Å². The van der Waals surface area contributed by atoms with Gasteiger partial charge in [-0.1, -0.05) is 30.3 Å². The first-order chi connectivity index (χ1) is 20.3. The van der Waals surface area contributed by atoms with Crippen molar-refractivity contribution in [3.05, 3.63) is 78.9 Å². The van der Waals surface area contributed by atoms with Gasteiger partial charge < -0.3 is 24.8 Å². The van der Waals surface area contributed by atoms with Gasteiger partial charge in [-0.05, 0) is 63.8 Å². The van der Waals surface area contributed by atoms with Crippen molar-refractivity contribution < 1.29 is 19.4 Å². The summed E-state index contributed by atoms with van der Waals surface area (Å²) in [6, 6.07) is 15.5. The number of ether oxygens (including phenoxy) is 2. The molecule has 4 aromatic rings. The predicted octanol–water partition coefficient (Wildman–Crippen LogP) is 5.78. The Morgan fingerprint density at radius 3 is 2.57 bits per heavy atom. The van der Waals surface area contributed by atoms with Crippen LogP contribution in [0, 0.1) is 5.41 Å². The number of nitrogens with one attached hydrogen (secondary N) is 1. The predicted molar refractivity (Wildman–Crippen MR) is 161 cm³/mol. The number of carboxylic acid groups (broad SMARTS) is 1. The highest BCUT2D eigenvalue weighted by atomic mass is 16.5. The van der Waals surface area contributed by atoms with Crippen molar-refractivity contribution in [2.75, 3.05) is 29.9 Å². The van der Waals surface area contributed by atoms with Gasteiger partial charge in [0.15, 0.2) is 23.1 Å². The molecule has 5 rings (SSSR count). The van der Waals surface area contributed by atoms with Crippen LogP contribution in [0.3, 0.4) is 0 Å². The van der Waals surface area contributed by atoms with Gasteiger partial charge in [-0.15, -0.1) is 0 Å². The summed E-state index contributed by atoms with van der Waals surface area (Å²) in [5, 5.41) is 12.7. The lowest BCUT2D eigenvalue weighted by molar-refractivity contribution is -0.146. The van der Waals surface area contributed by atoms with Crippen LogP contribution >= 0.6 is 0 Å². The second kappa shape index (κ2) is 12.8. The van der Waals surface area contributed by atoms with Gasteiger partial charge in [-0.2, -0.15) is 0 Å². The lowest BCUT2D eigenvalue weighted by Gasteiger charge is -2.33. The van der Waals surface area contributed by atoms with E-state index < -0.39 is 11.4 Å². The summed E-state index contributed by atoms with van der Waals surface area (Å²) >= 11 is 0. The van der Waals surface area contributed by atoms with Crippen LogP contribution < -0.4 is 19.7 Å². The van der Waals surface area contributed by atoms with Gasteiger partial charge in [-0.3, -0.25) is 14.8 Å². The minimum Gasteiger partial charge on any atom is -0.490 e. The fourth-order valence-electron chi connectivity index (χ4n) is 4.94. The highest BCUT2D eigenvalue weighted by Gasteiger charge is 2.27. The van der Waals surface area contributed by atoms with Gasteiger partial charge in [0, 0.05) is 12.1 Å². The fraction of sp³-hybridized carbons (Fsp3) is 0.344. The Morgan fingerprint density at radius 1 is 1.02 bits per heavy atom. The molecule has 10 nitrogen and oxygen atoms in total. The number of rotatable bonds is 11. The Balaban J connectivity index is 1.27. The first-order valence-corrected chi connectivity index (χ1v) is 14.2. The van der Waals surface area contributed by atoms with E-state index in [0.29, 0.717) is 36.9 Å². The zero-order chi connectivity index (χ0) is 29.5. The molecule has 1 aliphatic rings. The minimum atomic E-state index is -0.869. The molecular weight excluding hydrogens is 532 g/mol. The molecule has 1 saturated heterocycles. The largest absolute Gasteiger partial charge is 0.490 e. The first-order valence-electron chi connectivity index (χ1n) is 14.2. The summed E-state index contributed by atoms with van der Waals surface area (Å²) in [6.07, 6.45) is 9.05. The first kappa shape index (κ1) is 28.8. The summed E-state index contributed by atoms with van der Waals surface area (Å²) in [5.41, 5.74) is 1.58. The number of carboxylic acids is 1. The van der Waals surface area contributed by atoms with Crippen LogP contribution in [0.25, 0.3) is 11.3 Å². The number of nitrogens with zero attached hydrogens (tertiary/aromatic N) is 5. The molecule has 218 valence electrons. The molecule has 0 amide bonds. The van der Waals surface area contributed by atoms with Gasteiger partial charge in [-0.25, -0.2) is 9.97 Å². The molecule has 2 N–H and O–H groups in total. The van der Waals surface area contributed by atoms with E-state index in [1.54, 1.807) is 38.6 Å². The van der Waals surface area contributed by atoms with Crippen LogP contribution in [0.1, 0.15) is 39.2 Å². The normalized spacial score (nSPS) is 15.2. The van der Waals surface area contributed by atoms with Crippen LogP contribution in [-0.2, 0) is 11.2 Å². The second-order valence-corrected chi connectivity index (χ2v) is 11.0. The monoisotopic (exact) mass is 568 g/mol. The molecule has 2 aromatic heterocycles. The number of aromatic nitrogens is 4. The summed E-state index contributed by atoms with van der Waals surface area (Å²) in [4.78, 5) is 32.1. The maximum Gasteiger partial charge on any atom is 0.309 e. The number of para-hydroxylation sites is 2. The summed E-state index contributed by atoms with van der Waals surface area (Å²) < 4.78 is 12.1. The molecule has 3 heterocycles. The smallest absolute Gasteiger partial charge is 0.309 e. The van der Waals surface area contributed by atoms with Crippen LogP contribution in [-0.4, -0.2) is 56.8 Å². The topological polar surface area (TPSA) is 123 Å². The molecule has 0 bridgehead atoms. The summed E-state index contributed by atoms with van der Waals surface area (Å²) in [5.74, 6) is 2.51. The zero-order valence-electron chi connectivity index (χ0n) is 24.2. The van der Waals surface area contributed by atoms with E-state index in [0.717, 1.165) is 47.8 Å². The maximum absolute atomic E-state index is 11.6. The van der Waals surface area contributed by atoms with E-state index in [9.17, 15) is 9.90 Å². The molecule has 1 atom stereocenters. The summed E-state index contributed by atoms with van der Waals surface area (Å²) in [7, 11) is 0. The molecule has 1 aliphatic heterocycles. The van der Waals surface area contributed by atoms with Gasteiger partial charge in [0.2, 0.25) is 0 Å². The molecule has 1 fully saturated rings. The van der Waals surface area contributed by atoms with Gasteiger partial charge >= 0.3 is 5.97 Å². The number of carbonyl (C=O) groups is 1. The third kappa shape index (κ3) is 7.12. The van der Waals surface area contributed by atoms with E-state index in [1.807, 2.05) is 55.5 Å². The molecule has 2 aromatic carbocycles. The van der Waals surface area contributed by atoms with E-state index in [1.165, 1.54) is 0 Å². The van der Waals surface area contributed by atoms with Crippen molar-refractivity contribution in [3.63, 3.8) is 0 Å². The lowest BCUT2D eigenvalue weighted by Crippen LogP contribution is -2.41. The Kier molecular flexibility index (Phi) is 8.80. The Morgan fingerprint density at radius 2 is 1.79 bits per heavy atom. The quantitative estimate of drug-likeness (QED) is 0.230. The highest BCUT2D eigenvalue weighted by Crippen LogP contribution is 2.30. The molecule has 0 unspecified atom stereocenters. The van der Waals surface area contributed by atoms with Crippen molar-refractivity contribution in [3.8, 4) is 22.8 Å². The Hall–Kier alpha value is -4.73. The van der Waals surface area contributed by atoms with Crippen LogP contribution in [0.4, 0.5) is 17.5 Å². The third-order valence-electron chi connectivity index (χ3n) is 7.11. The Labute approximate surface area is 245 Å². The summed E-state index contributed by atoms with van der Waals surface area (Å²) in [6.45, 7) is 7.53. The van der Waals surface area contributed by atoms with E-state index in [4.69, 9.17) is 19.4 Å². The average Bonchev–Trinajstić information content (AvgIpc) is 2.99. The van der Waals surface area contributed by atoms with Crippen LogP contribution in [0.2, 0.25) is 0 Å². The molecule has 10 heteroatoms. The molecule has 0 radical (unpaired) electrons. The second-order valence-electron chi connectivity index (χ2n) is 11.0. The molecule has 0 spiro atoms. The van der Waals surface area contributed by atoms with Crippen molar-refractivity contribution in [2.45, 2.75) is 46.1 Å². The third-order valence-corrected chi connectivity index (χ3v) is 7.11. The van der Waals surface area contributed by atoms with E-state index in [2.05, 4.69) is 20.2 Å². The Bertz CT molecular complexity index is 1530. The molecule has 42 heavy (non-hydrogen) atoms. The standard InChI is InChI=1S/C32H36N6O4/c1-4-41-26-12-5-6-13-27(26)42-24-11-8-14-38(21-24)30-20-34-19-29(37-30)36-28-18-33-17-25(35-28)23-10-7-9-22(15-23)16-32(2,3)31(39)40/h5-7,9-10,12-13,15,17-20,24H,4,8,11,14,16,21H2,1-3H3,(H,39,40)(H,35,36,37)/t24-/m1/s1. The molecular formula is C32H36N6O4. The number of piperidine rings is 1. The van der Waals surface area contributed by atoms with Crippen molar-refractivity contribution in [1.29, 1.82) is 0 Å². The number of hydrogen-bond acceptors (Lipinski definition) is 9. The number of aliphatic carboxylic acids is 1. The van der Waals surface area contributed by atoms with E-state index in [-0.39, 0.29) is 6.10 Å². The lowest BCUT2D eigenvalue weighted by atomic mass is 9.85. The average molecular weight is 569 g/mol. The zero-order valence-corrected chi connectivity index (χ0v) is 24.2. The van der Waals surface area contributed by atoms with Gasteiger partial charge in [0.1, 0.15) is 11.9 Å². The number of hydrogen-bond donors (Lipinski definition) is 2. The van der Waals surface area contributed by atoms with Crippen molar-refractivity contribution in [1.82, 2.24) is 19.9 Å². The van der Waals surface area contributed by atoms with Crippen LogP contribution in [0.5, 0.6) is 11.5 Å². The SMILES string of the molecule is CCOc1ccccc1O[C@@H]1CCCN(c2cncc(Nc3cncc(-c4cccc(CC(C)(C)C(=O)O)c4)n3)n2)C1. The minimum absolute atomic E-state index is 0.00171. The molecule has 0 saturated carbocycles. The van der Waals surface area contributed by atoms with Gasteiger partial charge in [0.25, 0.3) is 0 Å². The number of anilines is 3. The molecule has 0 aliphatic carbocycles. The number of benzene rings is 2. The maximum atomic E-state index is 11.6. The highest BCUT2D eigenvalue weighted by molar-refractivity contribution is 5.74. The van der Waals surface area contributed by atoms with Crippen molar-refractivity contribution in [2.24, 2.45) is 5.41 Å².